The van der Waals surface area contributed by atoms with Crippen LogP contribution in [0.3, 0.4) is 0 Å². The van der Waals surface area contributed by atoms with Crippen LogP contribution >= 0.6 is 11.3 Å². The molecule has 0 atom stereocenters. The van der Waals surface area contributed by atoms with Crippen molar-refractivity contribution >= 4 is 17.2 Å². The number of nitrogens with zero attached hydrogens (tertiary/aromatic N) is 1. The van der Waals surface area contributed by atoms with Crippen LogP contribution in [0.15, 0.2) is 5.51 Å². The van der Waals surface area contributed by atoms with E-state index in [0.29, 0.717) is 0 Å². The predicted octanol–water partition coefficient (Wildman–Crippen LogP) is 1.07. The zero-order valence-corrected chi connectivity index (χ0v) is 7.36. The van der Waals surface area contributed by atoms with E-state index in [9.17, 15) is 4.79 Å². The maximum Gasteiger partial charge on any atom is 0.263 e. The standard InChI is InChI=1S/C7H10N2OS/c1-3-5-6(7(10)8-2)11-4-9-5/h4H,3H2,1-2H3,(H,8,10). The number of amides is 1. The van der Waals surface area contributed by atoms with Crippen molar-refractivity contribution in [3.05, 3.63) is 16.1 Å². The van der Waals surface area contributed by atoms with E-state index in [1.807, 2.05) is 6.92 Å². The first kappa shape index (κ1) is 8.20. The highest BCUT2D eigenvalue weighted by Crippen LogP contribution is 2.12. The summed E-state index contributed by atoms with van der Waals surface area (Å²) >= 11 is 1.38. The maximum absolute atomic E-state index is 11.1. The lowest BCUT2D eigenvalue weighted by Gasteiger charge is -1.96. The second-order valence-corrected chi connectivity index (χ2v) is 2.92. The molecular weight excluding hydrogens is 160 g/mol. The Morgan fingerprint density at radius 2 is 2.55 bits per heavy atom. The van der Waals surface area contributed by atoms with Crippen LogP contribution in [-0.2, 0) is 6.42 Å². The molecule has 0 aliphatic rings. The fourth-order valence-corrected chi connectivity index (χ4v) is 1.65. The molecule has 3 nitrogen and oxygen atoms in total. The minimum atomic E-state index is -0.0376. The van der Waals surface area contributed by atoms with Gasteiger partial charge in [-0.2, -0.15) is 0 Å². The number of thiazole rings is 1. The highest BCUT2D eigenvalue weighted by atomic mass is 32.1. The number of hydrogen-bond acceptors (Lipinski definition) is 3. The van der Waals surface area contributed by atoms with Gasteiger partial charge in [-0.1, -0.05) is 6.92 Å². The number of nitrogens with one attached hydrogen (secondary N) is 1. The molecule has 0 saturated heterocycles. The van der Waals surface area contributed by atoms with Gasteiger partial charge in [0, 0.05) is 7.05 Å². The van der Waals surface area contributed by atoms with Gasteiger partial charge in [0.25, 0.3) is 5.91 Å². The average Bonchev–Trinajstić information content (AvgIpc) is 2.50. The Morgan fingerprint density at radius 1 is 1.82 bits per heavy atom. The van der Waals surface area contributed by atoms with E-state index in [1.165, 1.54) is 11.3 Å². The molecule has 0 aliphatic carbocycles. The Balaban J connectivity index is 2.92. The lowest BCUT2D eigenvalue weighted by molar-refractivity contribution is 0.0966. The molecule has 1 N–H and O–H groups in total. The van der Waals surface area contributed by atoms with Crippen LogP contribution in [0, 0.1) is 0 Å². The van der Waals surface area contributed by atoms with Crippen LogP contribution in [0.5, 0.6) is 0 Å². The van der Waals surface area contributed by atoms with Gasteiger partial charge in [0.05, 0.1) is 11.2 Å². The number of aryl methyl sites for hydroxylation is 1. The Kier molecular flexibility index (Phi) is 2.59. The number of hydrogen-bond donors (Lipinski definition) is 1. The topological polar surface area (TPSA) is 42.0 Å². The monoisotopic (exact) mass is 170 g/mol. The third kappa shape index (κ3) is 1.57. The van der Waals surface area contributed by atoms with E-state index < -0.39 is 0 Å². The van der Waals surface area contributed by atoms with Gasteiger partial charge in [-0.25, -0.2) is 4.98 Å². The largest absolute Gasteiger partial charge is 0.354 e. The molecule has 0 fully saturated rings. The lowest BCUT2D eigenvalue weighted by Crippen LogP contribution is -2.17. The molecule has 0 aromatic carbocycles. The van der Waals surface area contributed by atoms with Crippen LogP contribution in [0.4, 0.5) is 0 Å². The molecule has 1 heterocycles. The first-order valence-corrected chi connectivity index (χ1v) is 4.32. The van der Waals surface area contributed by atoms with Gasteiger partial charge < -0.3 is 5.32 Å². The Hall–Kier alpha value is -0.900. The summed E-state index contributed by atoms with van der Waals surface area (Å²) in [4.78, 5) is 15.9. The normalized spacial score (nSPS) is 9.64. The van der Waals surface area contributed by atoms with Crippen molar-refractivity contribution in [2.75, 3.05) is 7.05 Å². The molecule has 11 heavy (non-hydrogen) atoms. The maximum atomic E-state index is 11.1. The van der Waals surface area contributed by atoms with Crippen molar-refractivity contribution < 1.29 is 4.79 Å². The second kappa shape index (κ2) is 3.48. The molecule has 0 unspecified atom stereocenters. The predicted molar refractivity (Wildman–Crippen MR) is 44.9 cm³/mol. The van der Waals surface area contributed by atoms with Crippen LogP contribution in [-0.4, -0.2) is 17.9 Å². The number of carbonyl (C=O) groups is 1. The molecule has 1 aromatic rings. The number of aromatic nitrogens is 1. The van der Waals surface area contributed by atoms with Crippen molar-refractivity contribution in [3.63, 3.8) is 0 Å². The van der Waals surface area contributed by atoms with Crippen LogP contribution in [0.2, 0.25) is 0 Å². The van der Waals surface area contributed by atoms with Gasteiger partial charge >= 0.3 is 0 Å². The molecule has 1 rings (SSSR count). The minimum absolute atomic E-state index is 0.0376. The summed E-state index contributed by atoms with van der Waals surface area (Å²) in [5, 5.41) is 2.57. The summed E-state index contributed by atoms with van der Waals surface area (Å²) in [5.74, 6) is -0.0376. The summed E-state index contributed by atoms with van der Waals surface area (Å²) < 4.78 is 0. The van der Waals surface area contributed by atoms with Crippen LogP contribution in [0.1, 0.15) is 22.3 Å². The summed E-state index contributed by atoms with van der Waals surface area (Å²) in [7, 11) is 1.63. The summed E-state index contributed by atoms with van der Waals surface area (Å²) in [6.07, 6.45) is 0.812. The molecule has 0 spiro atoms. The molecule has 0 bridgehead atoms. The van der Waals surface area contributed by atoms with E-state index in [1.54, 1.807) is 12.6 Å². The van der Waals surface area contributed by atoms with Crippen molar-refractivity contribution in [3.8, 4) is 0 Å². The Bertz CT molecular complexity index is 257. The van der Waals surface area contributed by atoms with Crippen molar-refractivity contribution in [1.82, 2.24) is 10.3 Å². The smallest absolute Gasteiger partial charge is 0.263 e. The number of rotatable bonds is 2. The fourth-order valence-electron chi connectivity index (χ4n) is 0.819. The summed E-state index contributed by atoms with van der Waals surface area (Å²) in [5.41, 5.74) is 2.58. The van der Waals surface area contributed by atoms with Gasteiger partial charge in [0.1, 0.15) is 4.88 Å². The summed E-state index contributed by atoms with van der Waals surface area (Å²) in [6, 6.07) is 0. The minimum Gasteiger partial charge on any atom is -0.354 e. The quantitative estimate of drug-likeness (QED) is 0.721. The van der Waals surface area contributed by atoms with Gasteiger partial charge in [0.15, 0.2) is 0 Å². The summed E-state index contributed by atoms with van der Waals surface area (Å²) in [6.45, 7) is 1.99. The molecular formula is C7H10N2OS. The highest BCUT2D eigenvalue weighted by molar-refractivity contribution is 7.11. The van der Waals surface area contributed by atoms with Crippen LogP contribution in [0.25, 0.3) is 0 Å². The second-order valence-electron chi connectivity index (χ2n) is 2.06. The Morgan fingerprint density at radius 3 is 3.09 bits per heavy atom. The van der Waals surface area contributed by atoms with Crippen LogP contribution < -0.4 is 5.32 Å². The van der Waals surface area contributed by atoms with E-state index in [0.717, 1.165) is 17.0 Å². The molecule has 4 heteroatoms. The first-order chi connectivity index (χ1) is 5.29. The molecule has 1 amide bonds. The SMILES string of the molecule is CCc1ncsc1C(=O)NC. The van der Waals surface area contributed by atoms with Crippen molar-refractivity contribution in [1.29, 1.82) is 0 Å². The average molecular weight is 170 g/mol. The highest BCUT2D eigenvalue weighted by Gasteiger charge is 2.10. The fraction of sp³-hybridized carbons (Fsp3) is 0.429. The van der Waals surface area contributed by atoms with Gasteiger partial charge in [-0.3, -0.25) is 4.79 Å². The molecule has 60 valence electrons. The van der Waals surface area contributed by atoms with Crippen molar-refractivity contribution in [2.45, 2.75) is 13.3 Å². The van der Waals surface area contributed by atoms with Gasteiger partial charge in [-0.15, -0.1) is 11.3 Å². The third-order valence-electron chi connectivity index (χ3n) is 1.41. The third-order valence-corrected chi connectivity index (χ3v) is 2.28. The van der Waals surface area contributed by atoms with Gasteiger partial charge in [0.2, 0.25) is 0 Å². The first-order valence-electron chi connectivity index (χ1n) is 3.44. The van der Waals surface area contributed by atoms with Gasteiger partial charge in [-0.05, 0) is 6.42 Å². The van der Waals surface area contributed by atoms with E-state index in [4.69, 9.17) is 0 Å². The molecule has 1 aromatic heterocycles. The van der Waals surface area contributed by atoms with E-state index in [-0.39, 0.29) is 5.91 Å². The van der Waals surface area contributed by atoms with Crippen molar-refractivity contribution in [2.24, 2.45) is 0 Å². The Labute approximate surface area is 69.5 Å². The zero-order chi connectivity index (χ0) is 8.27. The van der Waals surface area contributed by atoms with E-state index >= 15 is 0 Å². The lowest BCUT2D eigenvalue weighted by atomic mass is 10.3. The zero-order valence-electron chi connectivity index (χ0n) is 6.55. The molecule has 0 aliphatic heterocycles. The number of carbonyl (C=O) groups excluding carboxylic acids is 1. The van der Waals surface area contributed by atoms with E-state index in [2.05, 4.69) is 10.3 Å². The molecule has 0 radical (unpaired) electrons. The molecule has 0 saturated carbocycles.